The molecule has 0 aliphatic carbocycles. The van der Waals surface area contributed by atoms with Gasteiger partial charge in [0.05, 0.1) is 6.61 Å². The number of hydrogen-bond acceptors (Lipinski definition) is 5. The number of aliphatic hydroxyl groups is 1. The molecular weight excluding hydrogens is 409 g/mol. The van der Waals surface area contributed by atoms with Crippen molar-refractivity contribution in [2.45, 2.75) is 38.0 Å². The minimum absolute atomic E-state index is 0.105. The van der Waals surface area contributed by atoms with Crippen LogP contribution in [-0.2, 0) is 13.1 Å². The second-order valence-corrected chi connectivity index (χ2v) is 8.33. The molecule has 1 aromatic heterocycles. The van der Waals surface area contributed by atoms with Crippen molar-refractivity contribution >= 4 is 0 Å². The summed E-state index contributed by atoms with van der Waals surface area (Å²) in [5.74, 6) is 0.651. The molecule has 3 aromatic rings. The molecule has 1 aliphatic rings. The molecule has 0 spiro atoms. The van der Waals surface area contributed by atoms with Gasteiger partial charge in [-0.2, -0.15) is 5.10 Å². The van der Waals surface area contributed by atoms with Crippen molar-refractivity contribution in [3.05, 3.63) is 78.4 Å². The Hall–Kier alpha value is -2.90. The molecule has 4 rings (SSSR count). The largest absolute Gasteiger partial charge is 0.494 e. The highest BCUT2D eigenvalue weighted by Crippen LogP contribution is 2.26. The second-order valence-electron chi connectivity index (χ2n) is 8.33. The van der Waals surface area contributed by atoms with E-state index in [2.05, 4.69) is 22.1 Å². The predicted molar refractivity (Wildman–Crippen MR) is 120 cm³/mol. The van der Waals surface area contributed by atoms with Crippen molar-refractivity contribution in [3.63, 3.8) is 0 Å². The molecule has 0 saturated carbocycles. The maximum absolute atomic E-state index is 13.7. The highest BCUT2D eigenvalue weighted by molar-refractivity contribution is 5.27. The summed E-state index contributed by atoms with van der Waals surface area (Å²) in [5.41, 5.74) is 0.286. The van der Waals surface area contributed by atoms with Crippen molar-refractivity contribution in [2.24, 2.45) is 0 Å². The Bertz CT molecular complexity index is 955. The van der Waals surface area contributed by atoms with Crippen molar-refractivity contribution < 1.29 is 19.0 Å². The Morgan fingerprint density at radius 1 is 1.00 bits per heavy atom. The van der Waals surface area contributed by atoms with E-state index < -0.39 is 11.4 Å². The Morgan fingerprint density at radius 3 is 2.50 bits per heavy atom. The molecule has 0 amide bonds. The van der Waals surface area contributed by atoms with Crippen LogP contribution in [0.4, 0.5) is 4.39 Å². The summed E-state index contributed by atoms with van der Waals surface area (Å²) in [5, 5.41) is 15.0. The van der Waals surface area contributed by atoms with Gasteiger partial charge in [-0.1, -0.05) is 24.3 Å². The fraction of sp³-hybridized carbons (Fsp3) is 0.400. The van der Waals surface area contributed by atoms with E-state index >= 15 is 0 Å². The van der Waals surface area contributed by atoms with Crippen LogP contribution in [0.3, 0.4) is 0 Å². The van der Waals surface area contributed by atoms with Crippen LogP contribution in [0.25, 0.3) is 0 Å². The maximum Gasteiger partial charge on any atom is 0.165 e. The highest BCUT2D eigenvalue weighted by atomic mass is 19.1. The van der Waals surface area contributed by atoms with E-state index in [1.807, 2.05) is 29.1 Å². The fourth-order valence-corrected chi connectivity index (χ4v) is 3.84. The summed E-state index contributed by atoms with van der Waals surface area (Å²) in [6, 6.07) is 16.4. The lowest BCUT2D eigenvalue weighted by atomic mass is 9.92. The first kappa shape index (κ1) is 22.3. The summed E-state index contributed by atoms with van der Waals surface area (Å²) in [7, 11) is 0. The summed E-state index contributed by atoms with van der Waals surface area (Å²) in [4.78, 5) is 2.32. The van der Waals surface area contributed by atoms with Crippen LogP contribution in [0.2, 0.25) is 0 Å². The molecule has 0 unspecified atom stereocenters. The first-order valence-corrected chi connectivity index (χ1v) is 11.1. The molecule has 0 bridgehead atoms. The molecule has 1 fully saturated rings. The van der Waals surface area contributed by atoms with Crippen LogP contribution in [0, 0.1) is 5.82 Å². The maximum atomic E-state index is 13.7. The Kier molecular flexibility index (Phi) is 7.39. The zero-order chi connectivity index (χ0) is 22.2. The molecule has 170 valence electrons. The molecule has 32 heavy (non-hydrogen) atoms. The van der Waals surface area contributed by atoms with E-state index in [0.29, 0.717) is 19.4 Å². The first-order chi connectivity index (χ1) is 15.6. The van der Waals surface area contributed by atoms with Gasteiger partial charge in [-0.05, 0) is 48.7 Å². The van der Waals surface area contributed by atoms with E-state index in [9.17, 15) is 9.50 Å². The van der Waals surface area contributed by atoms with Gasteiger partial charge in [-0.25, -0.2) is 4.39 Å². The lowest BCUT2D eigenvalue weighted by molar-refractivity contribution is -0.0543. The van der Waals surface area contributed by atoms with E-state index in [1.54, 1.807) is 24.4 Å². The fourth-order valence-electron chi connectivity index (χ4n) is 3.84. The molecule has 1 N–H and O–H groups in total. The first-order valence-electron chi connectivity index (χ1n) is 11.1. The van der Waals surface area contributed by atoms with Crippen molar-refractivity contribution in [3.8, 4) is 11.5 Å². The number of ether oxygens (including phenoxy) is 2. The van der Waals surface area contributed by atoms with Crippen molar-refractivity contribution in [1.82, 2.24) is 14.7 Å². The number of rotatable bonds is 10. The molecular formula is C25H30FN3O3. The number of nitrogens with zero attached hydrogens (tertiary/aromatic N) is 3. The molecule has 2 heterocycles. The smallest absolute Gasteiger partial charge is 0.165 e. The molecule has 7 heteroatoms. The van der Waals surface area contributed by atoms with Crippen molar-refractivity contribution in [2.75, 3.05) is 26.3 Å². The van der Waals surface area contributed by atoms with Crippen molar-refractivity contribution in [1.29, 1.82) is 0 Å². The third-order valence-corrected chi connectivity index (χ3v) is 5.81. The number of halogens is 1. The lowest BCUT2D eigenvalue weighted by Gasteiger charge is -2.38. The van der Waals surface area contributed by atoms with E-state index in [1.165, 1.54) is 11.6 Å². The SMILES string of the molecule is OC1(COc2ccccc2F)CCN(Cc2ccc(OCCCn3cccn3)cc2)CC1. The zero-order valence-electron chi connectivity index (χ0n) is 18.2. The summed E-state index contributed by atoms with van der Waals surface area (Å²) < 4.78 is 27.0. The summed E-state index contributed by atoms with van der Waals surface area (Å²) in [6.45, 7) is 3.96. The van der Waals surface area contributed by atoms with Gasteiger partial charge in [0.25, 0.3) is 0 Å². The number of likely N-dealkylation sites (tertiary alicyclic amines) is 1. The normalized spacial score (nSPS) is 16.1. The topological polar surface area (TPSA) is 59.8 Å². The van der Waals surface area contributed by atoms with Crippen LogP contribution >= 0.6 is 0 Å². The number of para-hydroxylation sites is 1. The monoisotopic (exact) mass is 439 g/mol. The number of benzene rings is 2. The molecule has 0 atom stereocenters. The highest BCUT2D eigenvalue weighted by Gasteiger charge is 2.33. The Balaban J connectivity index is 1.17. The van der Waals surface area contributed by atoms with E-state index in [0.717, 1.165) is 38.3 Å². The van der Waals surface area contributed by atoms with E-state index in [-0.39, 0.29) is 12.4 Å². The van der Waals surface area contributed by atoms with Crippen LogP contribution in [0.1, 0.15) is 24.8 Å². The van der Waals surface area contributed by atoms with Gasteiger partial charge in [0.1, 0.15) is 18.0 Å². The number of piperidine rings is 1. The number of aryl methyl sites for hydroxylation is 1. The van der Waals surface area contributed by atoms with Gasteiger partial charge in [0.15, 0.2) is 11.6 Å². The van der Waals surface area contributed by atoms with Gasteiger partial charge in [-0.3, -0.25) is 9.58 Å². The van der Waals surface area contributed by atoms with Crippen LogP contribution in [-0.4, -0.2) is 51.7 Å². The van der Waals surface area contributed by atoms with Gasteiger partial charge in [0.2, 0.25) is 0 Å². The number of aromatic nitrogens is 2. The molecule has 1 saturated heterocycles. The van der Waals surface area contributed by atoms with Gasteiger partial charge < -0.3 is 14.6 Å². The quantitative estimate of drug-likeness (QED) is 0.486. The zero-order valence-corrected chi connectivity index (χ0v) is 18.2. The molecule has 0 radical (unpaired) electrons. The van der Waals surface area contributed by atoms with Gasteiger partial charge >= 0.3 is 0 Å². The van der Waals surface area contributed by atoms with Gasteiger partial charge in [0, 0.05) is 45.0 Å². The Morgan fingerprint density at radius 2 is 1.78 bits per heavy atom. The van der Waals surface area contributed by atoms with Gasteiger partial charge in [-0.15, -0.1) is 0 Å². The Labute approximate surface area is 188 Å². The molecule has 1 aliphatic heterocycles. The standard InChI is InChI=1S/C25H30FN3O3/c26-23-5-1-2-6-24(23)32-20-25(30)11-16-28(17-12-25)19-21-7-9-22(10-8-21)31-18-4-15-29-14-3-13-27-29/h1-3,5-10,13-14,30H,4,11-12,15-20H2. The summed E-state index contributed by atoms with van der Waals surface area (Å²) >= 11 is 0. The minimum Gasteiger partial charge on any atom is -0.494 e. The molecule has 2 aromatic carbocycles. The van der Waals surface area contributed by atoms with Crippen LogP contribution in [0.15, 0.2) is 67.0 Å². The second kappa shape index (κ2) is 10.6. The average Bonchev–Trinajstić information content (AvgIpc) is 3.33. The average molecular weight is 440 g/mol. The lowest BCUT2D eigenvalue weighted by Crippen LogP contribution is -2.47. The third kappa shape index (κ3) is 6.31. The number of hydrogen-bond donors (Lipinski definition) is 1. The van der Waals surface area contributed by atoms with Crippen LogP contribution in [0.5, 0.6) is 11.5 Å². The predicted octanol–water partition coefficient (Wildman–Crippen LogP) is 3.90. The minimum atomic E-state index is -0.924. The van der Waals surface area contributed by atoms with E-state index in [4.69, 9.17) is 9.47 Å². The third-order valence-electron chi connectivity index (χ3n) is 5.81. The van der Waals surface area contributed by atoms with Crippen LogP contribution < -0.4 is 9.47 Å². The molecule has 6 nitrogen and oxygen atoms in total. The summed E-state index contributed by atoms with van der Waals surface area (Å²) in [6.07, 6.45) is 5.83.